The monoisotopic (exact) mass is 367 g/mol. The lowest BCUT2D eigenvalue weighted by atomic mass is 9.95. The van der Waals surface area contributed by atoms with Gasteiger partial charge in [0, 0.05) is 5.92 Å². The van der Waals surface area contributed by atoms with Crippen molar-refractivity contribution in [1.82, 2.24) is 19.5 Å². The van der Waals surface area contributed by atoms with Crippen molar-refractivity contribution >= 4 is 23.0 Å². The van der Waals surface area contributed by atoms with Crippen molar-refractivity contribution in [1.29, 1.82) is 0 Å². The van der Waals surface area contributed by atoms with Gasteiger partial charge >= 0.3 is 0 Å². The minimum atomic E-state index is -1.70. The maximum Gasteiger partial charge on any atom is 0.280 e. The highest BCUT2D eigenvalue weighted by molar-refractivity contribution is 5.91. The van der Waals surface area contributed by atoms with Gasteiger partial charge in [-0.1, -0.05) is 13.8 Å². The molecule has 0 radical (unpaired) electrons. The Morgan fingerprint density at radius 3 is 2.81 bits per heavy atom. The highest BCUT2D eigenvalue weighted by atomic mass is 16.6. The van der Waals surface area contributed by atoms with E-state index in [-0.39, 0.29) is 28.9 Å². The molecule has 0 aromatic carbocycles. The summed E-state index contributed by atoms with van der Waals surface area (Å²) < 4.78 is 6.81. The number of nitrogens with one attached hydrogen (secondary N) is 2. The van der Waals surface area contributed by atoms with Crippen LogP contribution in [0.2, 0.25) is 0 Å². The van der Waals surface area contributed by atoms with E-state index in [2.05, 4.69) is 20.3 Å². The summed E-state index contributed by atoms with van der Waals surface area (Å²) in [4.78, 5) is 34.6. The van der Waals surface area contributed by atoms with Crippen LogP contribution in [0.1, 0.15) is 27.0 Å². The van der Waals surface area contributed by atoms with E-state index in [0.717, 1.165) is 0 Å². The third kappa shape index (κ3) is 2.88. The van der Waals surface area contributed by atoms with Gasteiger partial charge in [0.25, 0.3) is 5.56 Å². The SMILES string of the molecule is CC(C)C(=O)Nc1nc2c(ncn2[C@@H]2O[C@H](CO)[C@](C)(O)C2O)c(=O)[nH]1. The van der Waals surface area contributed by atoms with Crippen molar-refractivity contribution in [3.05, 3.63) is 16.7 Å². The van der Waals surface area contributed by atoms with E-state index in [1.54, 1.807) is 13.8 Å². The second-order valence-corrected chi connectivity index (χ2v) is 6.75. The Hall–Kier alpha value is -2.34. The number of aromatic amines is 1. The summed E-state index contributed by atoms with van der Waals surface area (Å²) in [5.41, 5.74) is -2.24. The van der Waals surface area contributed by atoms with Crippen molar-refractivity contribution in [3.8, 4) is 0 Å². The Bertz CT molecular complexity index is 888. The van der Waals surface area contributed by atoms with Crippen LogP contribution in [0.5, 0.6) is 0 Å². The van der Waals surface area contributed by atoms with E-state index in [1.807, 2.05) is 0 Å². The van der Waals surface area contributed by atoms with Gasteiger partial charge in [-0.2, -0.15) is 4.98 Å². The Labute approximate surface area is 147 Å². The molecular formula is C15H21N5O6. The fourth-order valence-corrected chi connectivity index (χ4v) is 2.74. The van der Waals surface area contributed by atoms with Crippen molar-refractivity contribution < 1.29 is 24.9 Å². The Morgan fingerprint density at radius 1 is 1.54 bits per heavy atom. The summed E-state index contributed by atoms with van der Waals surface area (Å²) in [6, 6.07) is 0. The first-order chi connectivity index (χ1) is 12.2. The van der Waals surface area contributed by atoms with Crippen molar-refractivity contribution in [2.24, 2.45) is 5.92 Å². The molecule has 11 heteroatoms. The number of imidazole rings is 1. The van der Waals surface area contributed by atoms with Crippen molar-refractivity contribution in [2.75, 3.05) is 11.9 Å². The fraction of sp³-hybridized carbons (Fsp3) is 0.600. The van der Waals surface area contributed by atoms with Gasteiger partial charge < -0.3 is 20.1 Å². The van der Waals surface area contributed by atoms with Crippen LogP contribution in [0.15, 0.2) is 11.1 Å². The first-order valence-corrected chi connectivity index (χ1v) is 8.11. The Kier molecular flexibility index (Phi) is 4.56. The molecule has 1 amide bonds. The van der Waals surface area contributed by atoms with Gasteiger partial charge in [-0.05, 0) is 6.92 Å². The van der Waals surface area contributed by atoms with Gasteiger partial charge in [-0.25, -0.2) is 4.98 Å². The lowest BCUT2D eigenvalue weighted by Crippen LogP contribution is -2.46. The maximum atomic E-state index is 12.2. The van der Waals surface area contributed by atoms with Gasteiger partial charge in [0.15, 0.2) is 17.4 Å². The summed E-state index contributed by atoms with van der Waals surface area (Å²) in [6.07, 6.45) is -2.30. The molecule has 2 aromatic heterocycles. The van der Waals surface area contributed by atoms with Crippen LogP contribution in [0.3, 0.4) is 0 Å². The molecule has 1 aliphatic rings. The van der Waals surface area contributed by atoms with Crippen LogP contribution in [-0.4, -0.2) is 65.2 Å². The minimum Gasteiger partial charge on any atom is -0.394 e. The molecule has 3 heterocycles. The van der Waals surface area contributed by atoms with Crippen LogP contribution >= 0.6 is 0 Å². The number of anilines is 1. The maximum absolute atomic E-state index is 12.2. The molecule has 0 spiro atoms. The number of nitrogens with zero attached hydrogens (tertiary/aromatic N) is 3. The average molecular weight is 367 g/mol. The standard InChI is InChI=1S/C15H21N5O6/c1-6(2)11(23)18-14-17-10-8(12(24)19-14)16-5-20(10)13-9(22)15(3,25)7(4-21)26-13/h5-7,9,13,21-22,25H,4H2,1-3H3,(H2,17,18,19,23,24)/t7-,9?,13-,15+/m1/s1. The zero-order valence-corrected chi connectivity index (χ0v) is 14.5. The first kappa shape index (κ1) is 18.5. The lowest BCUT2D eigenvalue weighted by Gasteiger charge is -2.25. The number of aliphatic hydroxyl groups is 3. The number of H-pyrrole nitrogens is 1. The second-order valence-electron chi connectivity index (χ2n) is 6.75. The number of rotatable bonds is 4. The van der Waals surface area contributed by atoms with Crippen LogP contribution in [0.25, 0.3) is 11.2 Å². The van der Waals surface area contributed by atoms with Gasteiger partial charge in [0.05, 0.1) is 12.9 Å². The second kappa shape index (κ2) is 6.43. The predicted molar refractivity (Wildman–Crippen MR) is 89.2 cm³/mol. The molecule has 4 atom stereocenters. The number of fused-ring (bicyclic) bond motifs is 1. The Morgan fingerprint density at radius 2 is 2.23 bits per heavy atom. The Balaban J connectivity index is 2.04. The third-order valence-electron chi connectivity index (χ3n) is 4.46. The van der Waals surface area contributed by atoms with E-state index in [4.69, 9.17) is 4.74 Å². The highest BCUT2D eigenvalue weighted by Gasteiger charge is 2.52. The zero-order chi connectivity index (χ0) is 19.2. The highest BCUT2D eigenvalue weighted by Crippen LogP contribution is 2.37. The molecule has 26 heavy (non-hydrogen) atoms. The molecule has 5 N–H and O–H groups in total. The van der Waals surface area contributed by atoms with E-state index in [1.165, 1.54) is 17.8 Å². The summed E-state index contributed by atoms with van der Waals surface area (Å²) >= 11 is 0. The van der Waals surface area contributed by atoms with Gasteiger partial charge in [-0.3, -0.25) is 24.5 Å². The number of aliphatic hydroxyl groups excluding tert-OH is 2. The number of hydrogen-bond acceptors (Lipinski definition) is 8. The molecule has 0 aliphatic carbocycles. The number of carbonyl (C=O) groups is 1. The molecule has 142 valence electrons. The van der Waals surface area contributed by atoms with E-state index in [0.29, 0.717) is 0 Å². The van der Waals surface area contributed by atoms with E-state index < -0.39 is 36.2 Å². The van der Waals surface area contributed by atoms with E-state index >= 15 is 0 Å². The molecule has 11 nitrogen and oxygen atoms in total. The molecule has 3 rings (SSSR count). The smallest absolute Gasteiger partial charge is 0.280 e. The van der Waals surface area contributed by atoms with Crippen LogP contribution in [0, 0.1) is 5.92 Å². The number of aromatic nitrogens is 4. The molecule has 0 bridgehead atoms. The number of ether oxygens (including phenoxy) is 1. The molecule has 2 aromatic rings. The number of amides is 1. The van der Waals surface area contributed by atoms with Gasteiger partial charge in [0.2, 0.25) is 11.9 Å². The summed E-state index contributed by atoms with van der Waals surface area (Å²) in [6.45, 7) is 4.22. The quantitative estimate of drug-likeness (QED) is 0.446. The first-order valence-electron chi connectivity index (χ1n) is 8.11. The number of hydrogen-bond donors (Lipinski definition) is 5. The molecule has 0 saturated carbocycles. The molecular weight excluding hydrogens is 346 g/mol. The van der Waals surface area contributed by atoms with E-state index in [9.17, 15) is 24.9 Å². The average Bonchev–Trinajstić information content (AvgIpc) is 3.07. The van der Waals surface area contributed by atoms with Gasteiger partial charge in [-0.15, -0.1) is 0 Å². The lowest BCUT2D eigenvalue weighted by molar-refractivity contribution is -0.118. The van der Waals surface area contributed by atoms with Crippen LogP contribution in [-0.2, 0) is 9.53 Å². The molecule has 1 aliphatic heterocycles. The van der Waals surface area contributed by atoms with Crippen LogP contribution < -0.4 is 10.9 Å². The number of carbonyl (C=O) groups excluding carboxylic acids is 1. The normalized spacial score (nSPS) is 28.8. The van der Waals surface area contributed by atoms with Gasteiger partial charge in [0.1, 0.15) is 17.8 Å². The van der Waals surface area contributed by atoms with Crippen LogP contribution in [0.4, 0.5) is 5.95 Å². The molecule has 1 saturated heterocycles. The third-order valence-corrected chi connectivity index (χ3v) is 4.46. The predicted octanol–water partition coefficient (Wildman–Crippen LogP) is -1.28. The molecule has 1 unspecified atom stereocenters. The van der Waals surface area contributed by atoms with Crippen molar-refractivity contribution in [2.45, 2.75) is 44.8 Å². The minimum absolute atomic E-state index is 0.0181. The molecule has 1 fully saturated rings. The summed E-state index contributed by atoms with van der Waals surface area (Å²) in [5.74, 6) is -0.721. The topological polar surface area (TPSA) is 163 Å². The van der Waals surface area contributed by atoms with Crippen molar-refractivity contribution in [3.63, 3.8) is 0 Å². The fourth-order valence-electron chi connectivity index (χ4n) is 2.74. The summed E-state index contributed by atoms with van der Waals surface area (Å²) in [7, 11) is 0. The zero-order valence-electron chi connectivity index (χ0n) is 14.5. The largest absolute Gasteiger partial charge is 0.394 e. The summed E-state index contributed by atoms with van der Waals surface area (Å²) in [5, 5.41) is 32.6.